The lowest BCUT2D eigenvalue weighted by atomic mass is 10.1. The zero-order valence-electron chi connectivity index (χ0n) is 13.3. The number of benzene rings is 2. The number of imide groups is 1. The van der Waals surface area contributed by atoms with Crippen molar-refractivity contribution < 1.29 is 9.59 Å². The first-order valence-electron chi connectivity index (χ1n) is 8.05. The molecule has 1 atom stereocenters. The Morgan fingerprint density at radius 3 is 2.08 bits per heavy atom. The molecule has 1 aliphatic heterocycles. The first kappa shape index (κ1) is 15.2. The molecule has 0 bridgehead atoms. The van der Waals surface area contributed by atoms with Gasteiger partial charge in [-0.2, -0.15) is 0 Å². The Hall–Kier alpha value is -2.33. The number of anilines is 2. The van der Waals surface area contributed by atoms with Crippen molar-refractivity contribution >= 4 is 34.9 Å². The lowest BCUT2D eigenvalue weighted by molar-refractivity contribution is -0.118. The van der Waals surface area contributed by atoms with Crippen LogP contribution in [0, 0.1) is 12.8 Å². The zero-order chi connectivity index (χ0) is 16.8. The maximum absolute atomic E-state index is 13.0. The molecule has 0 aromatic heterocycles. The number of urea groups is 1. The van der Waals surface area contributed by atoms with E-state index in [1.54, 1.807) is 29.2 Å². The van der Waals surface area contributed by atoms with Crippen LogP contribution >= 0.6 is 11.6 Å². The van der Waals surface area contributed by atoms with E-state index in [9.17, 15) is 9.59 Å². The minimum absolute atomic E-state index is 0.148. The zero-order valence-corrected chi connectivity index (χ0v) is 14.0. The highest BCUT2D eigenvalue weighted by Gasteiger charge is 2.52. The molecule has 2 fully saturated rings. The van der Waals surface area contributed by atoms with Gasteiger partial charge in [0.15, 0.2) is 0 Å². The predicted octanol–water partition coefficient (Wildman–Crippen LogP) is 4.40. The number of halogens is 1. The molecule has 1 heterocycles. The molecular weight excluding hydrogens is 324 g/mol. The second kappa shape index (κ2) is 5.64. The summed E-state index contributed by atoms with van der Waals surface area (Å²) in [6.45, 7) is 2.00. The Balaban J connectivity index is 1.75. The van der Waals surface area contributed by atoms with Crippen LogP contribution in [0.1, 0.15) is 18.4 Å². The summed E-state index contributed by atoms with van der Waals surface area (Å²) >= 11 is 5.92. The van der Waals surface area contributed by atoms with Gasteiger partial charge in [0, 0.05) is 10.7 Å². The van der Waals surface area contributed by atoms with Crippen LogP contribution in [-0.4, -0.2) is 18.0 Å². The van der Waals surface area contributed by atoms with Crippen LogP contribution in [-0.2, 0) is 4.79 Å². The van der Waals surface area contributed by atoms with E-state index in [-0.39, 0.29) is 17.9 Å². The Labute approximate surface area is 145 Å². The van der Waals surface area contributed by atoms with E-state index >= 15 is 0 Å². The smallest absolute Gasteiger partial charge is 0.281 e. The Bertz CT molecular complexity index is 797. The van der Waals surface area contributed by atoms with Gasteiger partial charge >= 0.3 is 6.03 Å². The third-order valence-electron chi connectivity index (χ3n) is 4.61. The Kier molecular flexibility index (Phi) is 3.57. The van der Waals surface area contributed by atoms with Gasteiger partial charge in [0.05, 0.1) is 5.69 Å². The van der Waals surface area contributed by atoms with E-state index in [1.165, 1.54) is 4.90 Å². The fourth-order valence-corrected chi connectivity index (χ4v) is 3.32. The molecule has 0 radical (unpaired) electrons. The summed E-state index contributed by atoms with van der Waals surface area (Å²) in [5, 5.41) is 0.576. The van der Waals surface area contributed by atoms with E-state index in [4.69, 9.17) is 11.6 Å². The molecule has 1 saturated carbocycles. The van der Waals surface area contributed by atoms with Crippen LogP contribution in [0.15, 0.2) is 48.5 Å². The number of rotatable bonds is 3. The monoisotopic (exact) mass is 340 g/mol. The van der Waals surface area contributed by atoms with Gasteiger partial charge in [-0.3, -0.25) is 9.69 Å². The van der Waals surface area contributed by atoms with Crippen molar-refractivity contribution in [3.8, 4) is 0 Å². The maximum Gasteiger partial charge on any atom is 0.336 e. The summed E-state index contributed by atoms with van der Waals surface area (Å²) in [5.41, 5.74) is 2.45. The molecule has 2 aliphatic rings. The SMILES string of the molecule is Cc1ccc(N2C(=O)N(c3ccc(Cl)cc3)C(=O)C2C2CC2)cc1. The van der Waals surface area contributed by atoms with Crippen molar-refractivity contribution in [3.63, 3.8) is 0 Å². The van der Waals surface area contributed by atoms with Crippen molar-refractivity contribution in [1.82, 2.24) is 0 Å². The molecule has 1 unspecified atom stereocenters. The molecular formula is C19H17ClN2O2. The maximum atomic E-state index is 13.0. The van der Waals surface area contributed by atoms with Crippen LogP contribution in [0.4, 0.5) is 16.2 Å². The summed E-state index contributed by atoms with van der Waals surface area (Å²) < 4.78 is 0. The molecule has 4 rings (SSSR count). The van der Waals surface area contributed by atoms with Crippen molar-refractivity contribution in [3.05, 3.63) is 59.1 Å². The van der Waals surface area contributed by atoms with Gasteiger partial charge in [-0.25, -0.2) is 9.69 Å². The lowest BCUT2D eigenvalue weighted by Gasteiger charge is -2.21. The van der Waals surface area contributed by atoms with Crippen LogP contribution in [0.5, 0.6) is 0 Å². The van der Waals surface area contributed by atoms with Crippen molar-refractivity contribution in [2.45, 2.75) is 25.8 Å². The van der Waals surface area contributed by atoms with Crippen molar-refractivity contribution in [2.24, 2.45) is 5.92 Å². The van der Waals surface area contributed by atoms with Crippen molar-refractivity contribution in [2.75, 3.05) is 9.80 Å². The van der Waals surface area contributed by atoms with E-state index < -0.39 is 6.04 Å². The normalized spacial score (nSPS) is 20.8. The van der Waals surface area contributed by atoms with E-state index in [0.717, 1.165) is 24.1 Å². The fraction of sp³-hybridized carbons (Fsp3) is 0.263. The molecule has 1 aliphatic carbocycles. The van der Waals surface area contributed by atoms with Crippen LogP contribution in [0.3, 0.4) is 0 Å². The van der Waals surface area contributed by atoms with Gasteiger partial charge in [-0.05, 0) is 62.1 Å². The summed E-state index contributed by atoms with van der Waals surface area (Å²) in [6, 6.07) is 13.8. The largest absolute Gasteiger partial charge is 0.336 e. The minimum atomic E-state index is -0.407. The first-order chi connectivity index (χ1) is 11.6. The molecule has 2 aromatic carbocycles. The van der Waals surface area contributed by atoms with Gasteiger partial charge in [0.2, 0.25) is 0 Å². The van der Waals surface area contributed by atoms with Crippen molar-refractivity contribution in [1.29, 1.82) is 0 Å². The van der Waals surface area contributed by atoms with Crippen LogP contribution in [0.2, 0.25) is 5.02 Å². The summed E-state index contributed by atoms with van der Waals surface area (Å²) in [4.78, 5) is 28.9. The lowest BCUT2D eigenvalue weighted by Crippen LogP contribution is -2.36. The Morgan fingerprint density at radius 2 is 1.50 bits per heavy atom. The number of hydrogen-bond acceptors (Lipinski definition) is 2. The number of amides is 3. The first-order valence-corrected chi connectivity index (χ1v) is 8.43. The highest BCUT2D eigenvalue weighted by Crippen LogP contribution is 2.42. The third kappa shape index (κ3) is 2.47. The van der Waals surface area contributed by atoms with Gasteiger partial charge in [0.25, 0.3) is 5.91 Å². The number of carbonyl (C=O) groups is 2. The quantitative estimate of drug-likeness (QED) is 0.777. The van der Waals surface area contributed by atoms with Gasteiger partial charge < -0.3 is 0 Å². The average molecular weight is 341 g/mol. The highest BCUT2D eigenvalue weighted by molar-refractivity contribution is 6.31. The topological polar surface area (TPSA) is 40.6 Å². The molecule has 4 nitrogen and oxygen atoms in total. The predicted molar refractivity (Wildman–Crippen MR) is 94.5 cm³/mol. The second-order valence-corrected chi connectivity index (χ2v) is 6.86. The molecule has 2 aromatic rings. The molecule has 0 N–H and O–H groups in total. The summed E-state index contributed by atoms with van der Waals surface area (Å²) in [5.74, 6) is 0.102. The Morgan fingerprint density at radius 1 is 0.917 bits per heavy atom. The number of hydrogen-bond donors (Lipinski definition) is 0. The minimum Gasteiger partial charge on any atom is -0.281 e. The van der Waals surface area contributed by atoms with Gasteiger partial charge in [-0.15, -0.1) is 0 Å². The van der Waals surface area contributed by atoms with Gasteiger partial charge in [-0.1, -0.05) is 29.3 Å². The average Bonchev–Trinajstić information content (AvgIpc) is 3.36. The molecule has 122 valence electrons. The third-order valence-corrected chi connectivity index (χ3v) is 4.87. The molecule has 5 heteroatoms. The van der Waals surface area contributed by atoms with E-state index in [0.29, 0.717) is 10.7 Å². The molecule has 24 heavy (non-hydrogen) atoms. The van der Waals surface area contributed by atoms with E-state index in [1.807, 2.05) is 31.2 Å². The van der Waals surface area contributed by atoms with Crippen LogP contribution < -0.4 is 9.80 Å². The van der Waals surface area contributed by atoms with E-state index in [2.05, 4.69) is 0 Å². The molecule has 0 spiro atoms. The van der Waals surface area contributed by atoms with Gasteiger partial charge in [0.1, 0.15) is 6.04 Å². The summed E-state index contributed by atoms with van der Waals surface area (Å²) in [6.07, 6.45) is 1.97. The standard InChI is InChI=1S/C19H17ClN2O2/c1-12-2-8-15(9-3-12)21-17(13-4-5-13)18(23)22(19(21)24)16-10-6-14(20)7-11-16/h2-3,6-11,13,17H,4-5H2,1H3. The number of nitrogens with zero attached hydrogens (tertiary/aromatic N) is 2. The molecule has 3 amide bonds. The van der Waals surface area contributed by atoms with Crippen LogP contribution in [0.25, 0.3) is 0 Å². The number of carbonyl (C=O) groups excluding carboxylic acids is 2. The summed E-state index contributed by atoms with van der Waals surface area (Å²) in [7, 11) is 0. The number of aryl methyl sites for hydroxylation is 1. The second-order valence-electron chi connectivity index (χ2n) is 6.42. The fourth-order valence-electron chi connectivity index (χ4n) is 3.19. The molecule has 1 saturated heterocycles. The highest BCUT2D eigenvalue weighted by atomic mass is 35.5.